The average molecular weight is 252 g/mol. The van der Waals surface area contributed by atoms with E-state index in [2.05, 4.69) is 10.6 Å². The number of benzene rings is 1. The standard InChI is InChI=1S/C12H16N2O2S/c1-16-10-4-2-3-9(5-10)6-13-12(15)11-7-17-8-14-11/h2-5,11,14H,6-8H2,1H3,(H,13,15). The zero-order valence-electron chi connectivity index (χ0n) is 9.73. The molecule has 1 aromatic carbocycles. The predicted molar refractivity (Wildman–Crippen MR) is 69.1 cm³/mol. The van der Waals surface area contributed by atoms with Gasteiger partial charge in [0, 0.05) is 18.2 Å². The van der Waals surface area contributed by atoms with E-state index in [1.807, 2.05) is 24.3 Å². The number of amides is 1. The van der Waals surface area contributed by atoms with Crippen molar-refractivity contribution in [2.24, 2.45) is 0 Å². The van der Waals surface area contributed by atoms with Gasteiger partial charge in [0.1, 0.15) is 5.75 Å². The maximum absolute atomic E-state index is 11.8. The van der Waals surface area contributed by atoms with Crippen molar-refractivity contribution in [1.82, 2.24) is 10.6 Å². The predicted octanol–water partition coefficient (Wildman–Crippen LogP) is 0.974. The first-order valence-electron chi connectivity index (χ1n) is 5.51. The zero-order valence-corrected chi connectivity index (χ0v) is 10.5. The third-order valence-electron chi connectivity index (χ3n) is 2.63. The van der Waals surface area contributed by atoms with Crippen LogP contribution >= 0.6 is 11.8 Å². The van der Waals surface area contributed by atoms with Gasteiger partial charge in [-0.1, -0.05) is 12.1 Å². The molecule has 1 heterocycles. The van der Waals surface area contributed by atoms with Crippen molar-refractivity contribution in [3.8, 4) is 5.75 Å². The number of ether oxygens (including phenoxy) is 1. The molecule has 1 aliphatic rings. The maximum Gasteiger partial charge on any atom is 0.238 e. The third-order valence-corrected chi connectivity index (χ3v) is 3.57. The van der Waals surface area contributed by atoms with Crippen molar-refractivity contribution in [1.29, 1.82) is 0 Å². The lowest BCUT2D eigenvalue weighted by Crippen LogP contribution is -2.41. The van der Waals surface area contributed by atoms with E-state index in [-0.39, 0.29) is 11.9 Å². The van der Waals surface area contributed by atoms with Crippen LogP contribution in [0.3, 0.4) is 0 Å². The molecule has 0 aromatic heterocycles. The molecule has 0 spiro atoms. The lowest BCUT2D eigenvalue weighted by Gasteiger charge is -2.11. The lowest BCUT2D eigenvalue weighted by molar-refractivity contribution is -0.122. The highest BCUT2D eigenvalue weighted by Gasteiger charge is 2.21. The van der Waals surface area contributed by atoms with Crippen LogP contribution in [0.25, 0.3) is 0 Å². The van der Waals surface area contributed by atoms with E-state index >= 15 is 0 Å². The van der Waals surface area contributed by atoms with E-state index in [0.717, 1.165) is 22.9 Å². The highest BCUT2D eigenvalue weighted by Crippen LogP contribution is 2.13. The Bertz CT molecular complexity index is 392. The van der Waals surface area contributed by atoms with Gasteiger partial charge in [-0.2, -0.15) is 0 Å². The minimum atomic E-state index is -0.0504. The zero-order chi connectivity index (χ0) is 12.1. The summed E-state index contributed by atoms with van der Waals surface area (Å²) in [6.07, 6.45) is 0. The molecule has 92 valence electrons. The van der Waals surface area contributed by atoms with Crippen LogP contribution in [0.4, 0.5) is 0 Å². The summed E-state index contributed by atoms with van der Waals surface area (Å²) in [6.45, 7) is 0.541. The van der Waals surface area contributed by atoms with Crippen LogP contribution in [0.15, 0.2) is 24.3 Å². The summed E-state index contributed by atoms with van der Waals surface area (Å²) in [6, 6.07) is 7.66. The van der Waals surface area contributed by atoms with Gasteiger partial charge in [-0.05, 0) is 17.7 Å². The Hall–Kier alpha value is -1.20. The SMILES string of the molecule is COc1cccc(CNC(=O)C2CSCN2)c1. The number of methoxy groups -OCH3 is 1. The Kier molecular flexibility index (Phi) is 4.28. The van der Waals surface area contributed by atoms with Gasteiger partial charge in [0.25, 0.3) is 0 Å². The molecule has 1 fully saturated rings. The molecular weight excluding hydrogens is 236 g/mol. The van der Waals surface area contributed by atoms with Crippen molar-refractivity contribution in [3.63, 3.8) is 0 Å². The Morgan fingerprint density at radius 2 is 2.53 bits per heavy atom. The summed E-state index contributed by atoms with van der Waals surface area (Å²) in [5, 5.41) is 6.06. The molecule has 2 N–H and O–H groups in total. The largest absolute Gasteiger partial charge is 0.497 e. The van der Waals surface area contributed by atoms with Crippen LogP contribution < -0.4 is 15.4 Å². The molecule has 1 unspecified atom stereocenters. The summed E-state index contributed by atoms with van der Waals surface area (Å²) >= 11 is 1.75. The maximum atomic E-state index is 11.8. The third kappa shape index (κ3) is 3.38. The van der Waals surface area contributed by atoms with Crippen molar-refractivity contribution >= 4 is 17.7 Å². The van der Waals surface area contributed by atoms with Crippen LogP contribution in [0.1, 0.15) is 5.56 Å². The molecule has 1 atom stereocenters. The Labute approximate surface area is 105 Å². The fraction of sp³-hybridized carbons (Fsp3) is 0.417. The van der Waals surface area contributed by atoms with Gasteiger partial charge in [-0.15, -0.1) is 11.8 Å². The minimum absolute atomic E-state index is 0.0504. The van der Waals surface area contributed by atoms with Gasteiger partial charge in [0.15, 0.2) is 0 Å². The lowest BCUT2D eigenvalue weighted by atomic mass is 10.2. The second-order valence-corrected chi connectivity index (χ2v) is 4.87. The molecule has 1 aromatic rings. The molecule has 17 heavy (non-hydrogen) atoms. The number of hydrogen-bond donors (Lipinski definition) is 2. The topological polar surface area (TPSA) is 50.4 Å². The Balaban J connectivity index is 1.86. The van der Waals surface area contributed by atoms with Crippen LogP contribution in [-0.2, 0) is 11.3 Å². The number of carbonyl (C=O) groups is 1. The van der Waals surface area contributed by atoms with Gasteiger partial charge < -0.3 is 10.1 Å². The molecule has 0 radical (unpaired) electrons. The smallest absolute Gasteiger partial charge is 0.238 e. The summed E-state index contributed by atoms with van der Waals surface area (Å²) in [4.78, 5) is 11.8. The molecule has 4 nitrogen and oxygen atoms in total. The van der Waals surface area contributed by atoms with Crippen molar-refractivity contribution in [2.75, 3.05) is 18.7 Å². The minimum Gasteiger partial charge on any atom is -0.497 e. The molecule has 5 heteroatoms. The van der Waals surface area contributed by atoms with Crippen LogP contribution in [0, 0.1) is 0 Å². The van der Waals surface area contributed by atoms with Crippen LogP contribution in [0.5, 0.6) is 5.75 Å². The van der Waals surface area contributed by atoms with Gasteiger partial charge in [0.05, 0.1) is 13.2 Å². The number of carbonyl (C=O) groups excluding carboxylic acids is 1. The highest BCUT2D eigenvalue weighted by molar-refractivity contribution is 7.99. The number of hydrogen-bond acceptors (Lipinski definition) is 4. The van der Waals surface area contributed by atoms with Crippen LogP contribution in [-0.4, -0.2) is 30.7 Å². The summed E-state index contributed by atoms with van der Waals surface area (Å²) in [5.74, 6) is 2.59. The van der Waals surface area contributed by atoms with Crippen LogP contribution in [0.2, 0.25) is 0 Å². The second kappa shape index (κ2) is 5.93. The van der Waals surface area contributed by atoms with E-state index in [0.29, 0.717) is 6.54 Å². The monoisotopic (exact) mass is 252 g/mol. The average Bonchev–Trinajstić information content (AvgIpc) is 2.90. The first kappa shape index (κ1) is 12.3. The molecule has 1 saturated heterocycles. The molecule has 1 aliphatic heterocycles. The Morgan fingerprint density at radius 3 is 3.24 bits per heavy atom. The molecule has 0 saturated carbocycles. The molecule has 1 amide bonds. The normalized spacial score (nSPS) is 19.0. The summed E-state index contributed by atoms with van der Waals surface area (Å²) in [7, 11) is 1.64. The van der Waals surface area contributed by atoms with E-state index < -0.39 is 0 Å². The highest BCUT2D eigenvalue weighted by atomic mass is 32.2. The molecular formula is C12H16N2O2S. The number of thioether (sulfide) groups is 1. The molecule has 0 aliphatic carbocycles. The van der Waals surface area contributed by atoms with Gasteiger partial charge in [-0.3, -0.25) is 10.1 Å². The van der Waals surface area contributed by atoms with E-state index in [1.54, 1.807) is 18.9 Å². The van der Waals surface area contributed by atoms with Crippen molar-refractivity contribution in [3.05, 3.63) is 29.8 Å². The second-order valence-electron chi connectivity index (χ2n) is 3.84. The van der Waals surface area contributed by atoms with E-state index in [1.165, 1.54) is 0 Å². The molecule has 0 bridgehead atoms. The van der Waals surface area contributed by atoms with E-state index in [9.17, 15) is 4.79 Å². The number of nitrogens with one attached hydrogen (secondary N) is 2. The summed E-state index contributed by atoms with van der Waals surface area (Å²) < 4.78 is 5.13. The van der Waals surface area contributed by atoms with Gasteiger partial charge >= 0.3 is 0 Å². The van der Waals surface area contributed by atoms with Gasteiger partial charge in [-0.25, -0.2) is 0 Å². The fourth-order valence-corrected chi connectivity index (χ4v) is 2.60. The first-order chi connectivity index (χ1) is 8.29. The van der Waals surface area contributed by atoms with Gasteiger partial charge in [0.2, 0.25) is 5.91 Å². The van der Waals surface area contributed by atoms with Crippen molar-refractivity contribution < 1.29 is 9.53 Å². The fourth-order valence-electron chi connectivity index (χ4n) is 1.66. The Morgan fingerprint density at radius 1 is 1.65 bits per heavy atom. The van der Waals surface area contributed by atoms with Crippen molar-refractivity contribution in [2.45, 2.75) is 12.6 Å². The first-order valence-corrected chi connectivity index (χ1v) is 6.67. The number of rotatable bonds is 4. The summed E-state index contributed by atoms with van der Waals surface area (Å²) in [5.41, 5.74) is 1.04. The molecule has 2 rings (SSSR count). The van der Waals surface area contributed by atoms with E-state index in [4.69, 9.17) is 4.74 Å². The quantitative estimate of drug-likeness (QED) is 0.838.